The van der Waals surface area contributed by atoms with Crippen LogP contribution in [0.1, 0.15) is 63.4 Å². The van der Waals surface area contributed by atoms with Gasteiger partial charge in [-0.05, 0) is 83.3 Å². The van der Waals surface area contributed by atoms with Crippen LogP contribution in [0.25, 0.3) is 11.0 Å². The number of nitrogens with zero attached hydrogens (tertiary/aromatic N) is 4. The van der Waals surface area contributed by atoms with E-state index < -0.39 is 0 Å². The normalized spacial score (nSPS) is 18.8. The Balaban J connectivity index is 1.17. The zero-order chi connectivity index (χ0) is 26.0. The van der Waals surface area contributed by atoms with Crippen LogP contribution in [-0.4, -0.2) is 65.8 Å². The first-order valence-electron chi connectivity index (χ1n) is 13.8. The molecule has 0 spiro atoms. The monoisotopic (exact) mass is 502 g/mol. The number of piperidine rings is 1. The van der Waals surface area contributed by atoms with Gasteiger partial charge in [0.05, 0.1) is 28.6 Å². The first-order chi connectivity index (χ1) is 17.8. The predicted octanol–water partition coefficient (Wildman–Crippen LogP) is 5.59. The van der Waals surface area contributed by atoms with Gasteiger partial charge in [0.15, 0.2) is 5.90 Å². The third-order valence-electron chi connectivity index (χ3n) is 8.05. The molecule has 0 N–H and O–H groups in total. The Labute approximate surface area is 221 Å². The summed E-state index contributed by atoms with van der Waals surface area (Å²) in [5.74, 6) is 2.59. The minimum absolute atomic E-state index is 0.128. The van der Waals surface area contributed by atoms with E-state index in [0.717, 1.165) is 56.9 Å². The van der Waals surface area contributed by atoms with Crippen molar-refractivity contribution in [2.24, 2.45) is 4.99 Å². The highest BCUT2D eigenvalue weighted by Crippen LogP contribution is 2.32. The summed E-state index contributed by atoms with van der Waals surface area (Å²) in [7, 11) is 1.77. The van der Waals surface area contributed by atoms with Crippen molar-refractivity contribution in [1.82, 2.24) is 14.5 Å². The molecule has 0 radical (unpaired) electrons. The van der Waals surface area contributed by atoms with Gasteiger partial charge < -0.3 is 18.9 Å². The molecule has 0 bridgehead atoms. The maximum atomic E-state index is 5.96. The second kappa shape index (κ2) is 10.6. The van der Waals surface area contributed by atoms with E-state index in [1.165, 1.54) is 22.5 Å². The van der Waals surface area contributed by atoms with E-state index in [0.29, 0.717) is 19.1 Å². The first-order valence-corrected chi connectivity index (χ1v) is 13.8. The van der Waals surface area contributed by atoms with Gasteiger partial charge in [-0.2, -0.15) is 0 Å². The number of methoxy groups -OCH3 is 1. The molecule has 0 unspecified atom stereocenters. The summed E-state index contributed by atoms with van der Waals surface area (Å²) in [4.78, 5) is 12.5. The minimum Gasteiger partial charge on any atom is -0.478 e. The molecule has 2 aromatic carbocycles. The van der Waals surface area contributed by atoms with Crippen molar-refractivity contribution in [3.63, 3.8) is 0 Å². The van der Waals surface area contributed by atoms with Crippen molar-refractivity contribution in [3.8, 4) is 0 Å². The number of fused-ring (bicyclic) bond motifs is 1. The molecule has 3 aromatic rings. The molecule has 0 amide bonds. The molecule has 2 aliphatic heterocycles. The lowest BCUT2D eigenvalue weighted by atomic mass is 9.83. The highest BCUT2D eigenvalue weighted by atomic mass is 16.5. The fourth-order valence-corrected chi connectivity index (χ4v) is 5.64. The predicted molar refractivity (Wildman–Crippen MR) is 151 cm³/mol. The first kappa shape index (κ1) is 25.9. The zero-order valence-electron chi connectivity index (χ0n) is 23.2. The number of rotatable bonds is 9. The molecule has 0 aliphatic carbocycles. The Bertz CT molecular complexity index is 1230. The number of para-hydroxylation sites is 2. The fourth-order valence-electron chi connectivity index (χ4n) is 5.64. The largest absolute Gasteiger partial charge is 0.478 e. The van der Waals surface area contributed by atoms with E-state index in [1.807, 2.05) is 0 Å². The Hall–Kier alpha value is -2.70. The SMILES string of the molecule is COCCn1c(C2CCN(CCc3ccc(C(C)(C)C4=NC(C)(C)CO4)cc3)CC2)nc2ccccc21. The van der Waals surface area contributed by atoms with Gasteiger partial charge >= 0.3 is 0 Å². The number of aromatic nitrogens is 2. The number of hydrogen-bond acceptors (Lipinski definition) is 5. The number of imidazole rings is 1. The van der Waals surface area contributed by atoms with Gasteiger partial charge in [-0.25, -0.2) is 9.98 Å². The fraction of sp³-hybridized carbons (Fsp3) is 0.548. The van der Waals surface area contributed by atoms with Crippen molar-refractivity contribution in [2.45, 2.75) is 70.4 Å². The number of hydrogen-bond donors (Lipinski definition) is 0. The van der Waals surface area contributed by atoms with E-state index >= 15 is 0 Å². The molecule has 1 saturated heterocycles. The molecule has 1 aromatic heterocycles. The van der Waals surface area contributed by atoms with Crippen LogP contribution in [0, 0.1) is 0 Å². The Morgan fingerprint density at radius 2 is 1.76 bits per heavy atom. The molecule has 37 heavy (non-hydrogen) atoms. The van der Waals surface area contributed by atoms with Gasteiger partial charge in [0.1, 0.15) is 12.4 Å². The summed E-state index contributed by atoms with van der Waals surface area (Å²) in [6.45, 7) is 14.2. The molecule has 6 heteroatoms. The van der Waals surface area contributed by atoms with Gasteiger partial charge in [0.2, 0.25) is 0 Å². The summed E-state index contributed by atoms with van der Waals surface area (Å²) >= 11 is 0. The molecular weight excluding hydrogens is 460 g/mol. The van der Waals surface area contributed by atoms with E-state index in [-0.39, 0.29) is 11.0 Å². The topological polar surface area (TPSA) is 51.9 Å². The van der Waals surface area contributed by atoms with Crippen molar-refractivity contribution in [1.29, 1.82) is 0 Å². The second-order valence-corrected chi connectivity index (χ2v) is 11.8. The van der Waals surface area contributed by atoms with Crippen molar-refractivity contribution in [2.75, 3.05) is 40.0 Å². The number of ether oxygens (including phenoxy) is 2. The zero-order valence-corrected chi connectivity index (χ0v) is 23.2. The lowest BCUT2D eigenvalue weighted by molar-refractivity contribution is 0.183. The van der Waals surface area contributed by atoms with Crippen LogP contribution in [0.2, 0.25) is 0 Å². The van der Waals surface area contributed by atoms with Gasteiger partial charge in [-0.15, -0.1) is 0 Å². The van der Waals surface area contributed by atoms with Crippen LogP contribution in [-0.2, 0) is 27.9 Å². The molecule has 1 fully saturated rings. The standard InChI is InChI=1S/C31H42N4O2/c1-30(2)22-37-29(33-30)31(3,4)25-12-10-23(11-13-25)14-17-34-18-15-24(16-19-34)28-32-26-8-6-7-9-27(26)35(28)20-21-36-5/h6-13,24H,14-22H2,1-5H3. The number of aliphatic imine (C=N–C) groups is 1. The molecule has 5 rings (SSSR count). The average Bonchev–Trinajstić information content (AvgIpc) is 3.47. The summed E-state index contributed by atoms with van der Waals surface area (Å²) in [5, 5.41) is 0. The van der Waals surface area contributed by atoms with Crippen LogP contribution in [0.4, 0.5) is 0 Å². The molecule has 6 nitrogen and oxygen atoms in total. The van der Waals surface area contributed by atoms with Crippen LogP contribution >= 0.6 is 0 Å². The van der Waals surface area contributed by atoms with Crippen LogP contribution in [0.5, 0.6) is 0 Å². The van der Waals surface area contributed by atoms with E-state index in [2.05, 4.69) is 85.7 Å². The summed E-state index contributed by atoms with van der Waals surface area (Å²) < 4.78 is 13.7. The number of benzene rings is 2. The smallest absolute Gasteiger partial charge is 0.194 e. The van der Waals surface area contributed by atoms with Crippen LogP contribution in [0.15, 0.2) is 53.5 Å². The van der Waals surface area contributed by atoms with E-state index in [9.17, 15) is 0 Å². The number of likely N-dealkylation sites (tertiary alicyclic amines) is 1. The quantitative estimate of drug-likeness (QED) is 0.383. The highest BCUT2D eigenvalue weighted by molar-refractivity contribution is 5.89. The van der Waals surface area contributed by atoms with Crippen molar-refractivity contribution >= 4 is 16.9 Å². The third kappa shape index (κ3) is 5.60. The third-order valence-corrected chi connectivity index (χ3v) is 8.05. The Morgan fingerprint density at radius 1 is 1.03 bits per heavy atom. The molecule has 0 atom stereocenters. The highest BCUT2D eigenvalue weighted by Gasteiger charge is 2.37. The summed E-state index contributed by atoms with van der Waals surface area (Å²) in [5.41, 5.74) is 4.61. The summed E-state index contributed by atoms with van der Waals surface area (Å²) in [6, 6.07) is 17.5. The Morgan fingerprint density at radius 3 is 2.43 bits per heavy atom. The summed E-state index contributed by atoms with van der Waals surface area (Å²) in [6.07, 6.45) is 3.38. The molecule has 0 saturated carbocycles. The average molecular weight is 503 g/mol. The van der Waals surface area contributed by atoms with Crippen molar-refractivity contribution in [3.05, 3.63) is 65.5 Å². The van der Waals surface area contributed by atoms with Gasteiger partial charge in [-0.3, -0.25) is 0 Å². The lowest BCUT2D eigenvalue weighted by Crippen LogP contribution is -2.35. The molecule has 3 heterocycles. The van der Waals surface area contributed by atoms with E-state index in [4.69, 9.17) is 19.5 Å². The van der Waals surface area contributed by atoms with Gasteiger partial charge in [-0.1, -0.05) is 36.4 Å². The Kier molecular flexibility index (Phi) is 7.42. The van der Waals surface area contributed by atoms with Gasteiger partial charge in [0.25, 0.3) is 0 Å². The minimum atomic E-state index is -0.214. The molecule has 2 aliphatic rings. The second-order valence-electron chi connectivity index (χ2n) is 11.8. The maximum absolute atomic E-state index is 5.96. The van der Waals surface area contributed by atoms with Gasteiger partial charge in [0, 0.05) is 26.1 Å². The maximum Gasteiger partial charge on any atom is 0.194 e. The molecule has 198 valence electrons. The van der Waals surface area contributed by atoms with Crippen LogP contribution in [0.3, 0.4) is 0 Å². The van der Waals surface area contributed by atoms with Crippen molar-refractivity contribution < 1.29 is 9.47 Å². The van der Waals surface area contributed by atoms with Crippen LogP contribution < -0.4 is 0 Å². The van der Waals surface area contributed by atoms with E-state index in [1.54, 1.807) is 7.11 Å². The molecular formula is C31H42N4O2. The lowest BCUT2D eigenvalue weighted by Gasteiger charge is -2.32.